The quantitative estimate of drug-likeness (QED) is 0.476. The van der Waals surface area contributed by atoms with E-state index in [0.29, 0.717) is 5.75 Å². The summed E-state index contributed by atoms with van der Waals surface area (Å²) in [7, 11) is 0. The first-order valence-corrected chi connectivity index (χ1v) is 7.53. The highest BCUT2D eigenvalue weighted by Gasteiger charge is 2.57. The van der Waals surface area contributed by atoms with Gasteiger partial charge in [0.05, 0.1) is 4.92 Å². The third-order valence-corrected chi connectivity index (χ3v) is 5.48. The van der Waals surface area contributed by atoms with Gasteiger partial charge in [-0.2, -0.15) is 0 Å². The van der Waals surface area contributed by atoms with Crippen molar-refractivity contribution in [2.75, 3.05) is 0 Å². The molecule has 0 N–H and O–H groups in total. The summed E-state index contributed by atoms with van der Waals surface area (Å²) in [6, 6.07) is 5.04. The second-order valence-corrected chi connectivity index (χ2v) is 6.46. The molecule has 0 amide bonds. The van der Waals surface area contributed by atoms with Gasteiger partial charge >= 0.3 is 5.69 Å². The minimum atomic E-state index is -0.375. The second kappa shape index (κ2) is 4.92. The fourth-order valence-electron chi connectivity index (χ4n) is 3.61. The molecule has 0 aliphatic heterocycles. The van der Waals surface area contributed by atoms with Crippen LogP contribution in [0.3, 0.4) is 0 Å². The summed E-state index contributed by atoms with van der Waals surface area (Å²) in [5.74, 6) is 0.414. The van der Waals surface area contributed by atoms with E-state index in [1.54, 1.807) is 6.07 Å². The molecule has 108 valence electrons. The minimum Gasteiger partial charge on any atom is -0.483 e. The molecule has 3 rings (SSSR count). The monoisotopic (exact) mass is 295 g/mol. The van der Waals surface area contributed by atoms with Crippen molar-refractivity contribution in [2.24, 2.45) is 5.41 Å². The maximum atomic E-state index is 11.1. The van der Waals surface area contributed by atoms with Crippen molar-refractivity contribution in [1.29, 1.82) is 0 Å². The van der Waals surface area contributed by atoms with Gasteiger partial charge in [-0.15, -0.1) is 11.6 Å². The van der Waals surface area contributed by atoms with Crippen LogP contribution in [-0.2, 0) is 0 Å². The second-order valence-electron chi connectivity index (χ2n) is 5.93. The fourth-order valence-corrected chi connectivity index (χ4v) is 4.13. The van der Waals surface area contributed by atoms with Crippen LogP contribution in [-0.4, -0.2) is 16.4 Å². The molecular weight excluding hydrogens is 278 g/mol. The molecule has 1 aromatic carbocycles. The standard InChI is InChI=1S/C15H18ClNO3/c1-10-5-4-6-11(17(18)19)14(10)20-13-9-12(16)15(13)7-2-3-8-15/h4-6,12-13H,2-3,7-9H2,1H3. The summed E-state index contributed by atoms with van der Waals surface area (Å²) in [6.45, 7) is 1.85. The van der Waals surface area contributed by atoms with E-state index in [9.17, 15) is 10.1 Å². The van der Waals surface area contributed by atoms with Crippen LogP contribution >= 0.6 is 11.6 Å². The average molecular weight is 296 g/mol. The molecule has 2 fully saturated rings. The smallest absolute Gasteiger partial charge is 0.311 e. The number of nitrogens with zero attached hydrogens (tertiary/aromatic N) is 1. The molecule has 5 heteroatoms. The number of benzene rings is 1. The molecule has 2 aliphatic rings. The Balaban J connectivity index is 1.87. The van der Waals surface area contributed by atoms with E-state index >= 15 is 0 Å². The number of nitro groups is 1. The molecule has 0 radical (unpaired) electrons. The fraction of sp³-hybridized carbons (Fsp3) is 0.600. The molecule has 0 aromatic heterocycles. The Hall–Kier alpha value is -1.29. The number of para-hydroxylation sites is 1. The Kier molecular flexibility index (Phi) is 3.36. The molecule has 20 heavy (non-hydrogen) atoms. The lowest BCUT2D eigenvalue weighted by molar-refractivity contribution is -0.386. The van der Waals surface area contributed by atoms with Gasteiger partial charge in [0, 0.05) is 23.3 Å². The van der Waals surface area contributed by atoms with Gasteiger partial charge in [0.2, 0.25) is 0 Å². The van der Waals surface area contributed by atoms with E-state index in [1.807, 2.05) is 13.0 Å². The molecule has 0 saturated heterocycles. The van der Waals surface area contributed by atoms with E-state index in [-0.39, 0.29) is 27.5 Å². The van der Waals surface area contributed by atoms with Crippen molar-refractivity contribution >= 4 is 17.3 Å². The maximum Gasteiger partial charge on any atom is 0.311 e. The maximum absolute atomic E-state index is 11.1. The predicted molar refractivity (Wildman–Crippen MR) is 77.4 cm³/mol. The van der Waals surface area contributed by atoms with E-state index in [0.717, 1.165) is 24.8 Å². The number of hydrogen-bond acceptors (Lipinski definition) is 3. The molecule has 2 atom stereocenters. The van der Waals surface area contributed by atoms with Gasteiger partial charge in [0.15, 0.2) is 5.75 Å². The van der Waals surface area contributed by atoms with E-state index < -0.39 is 0 Å². The molecule has 2 unspecified atom stereocenters. The molecule has 0 heterocycles. The molecule has 1 aromatic rings. The molecule has 2 saturated carbocycles. The number of rotatable bonds is 3. The van der Waals surface area contributed by atoms with Crippen LogP contribution in [0.4, 0.5) is 5.69 Å². The van der Waals surface area contributed by atoms with Crippen LogP contribution in [0, 0.1) is 22.5 Å². The lowest BCUT2D eigenvalue weighted by atomic mass is 9.64. The summed E-state index contributed by atoms with van der Waals surface area (Å²) in [5.41, 5.74) is 0.902. The average Bonchev–Trinajstić information content (AvgIpc) is 2.92. The number of aryl methyl sites for hydroxylation is 1. The number of ether oxygens (including phenoxy) is 1. The Bertz CT molecular complexity index is 540. The molecular formula is C15H18ClNO3. The lowest BCUT2D eigenvalue weighted by Crippen LogP contribution is -2.55. The zero-order valence-corrected chi connectivity index (χ0v) is 12.2. The van der Waals surface area contributed by atoms with Crippen LogP contribution in [0.25, 0.3) is 0 Å². The largest absolute Gasteiger partial charge is 0.483 e. The predicted octanol–water partition coefficient (Wildman–Crippen LogP) is 4.22. The SMILES string of the molecule is Cc1cccc([N+](=O)[O-])c1OC1CC(Cl)C12CCCC2. The number of alkyl halides is 1. The van der Waals surface area contributed by atoms with Crippen molar-refractivity contribution in [3.05, 3.63) is 33.9 Å². The van der Waals surface area contributed by atoms with Crippen molar-refractivity contribution in [3.63, 3.8) is 0 Å². The molecule has 2 aliphatic carbocycles. The van der Waals surface area contributed by atoms with Gasteiger partial charge in [-0.3, -0.25) is 10.1 Å². The number of hydrogen-bond donors (Lipinski definition) is 0. The first-order chi connectivity index (χ1) is 9.54. The zero-order chi connectivity index (χ0) is 14.3. The van der Waals surface area contributed by atoms with Crippen molar-refractivity contribution in [2.45, 2.75) is 50.5 Å². The van der Waals surface area contributed by atoms with Crippen molar-refractivity contribution in [3.8, 4) is 5.75 Å². The Morgan fingerprint density at radius 1 is 1.40 bits per heavy atom. The highest BCUT2D eigenvalue weighted by Crippen LogP contribution is 2.57. The van der Waals surface area contributed by atoms with Crippen LogP contribution < -0.4 is 4.74 Å². The normalized spacial score (nSPS) is 27.3. The number of halogens is 1. The third kappa shape index (κ3) is 1.97. The van der Waals surface area contributed by atoms with Gasteiger partial charge in [0.25, 0.3) is 0 Å². The molecule has 4 nitrogen and oxygen atoms in total. The topological polar surface area (TPSA) is 52.4 Å². The summed E-state index contributed by atoms with van der Waals surface area (Å²) < 4.78 is 6.06. The van der Waals surface area contributed by atoms with Gasteiger partial charge < -0.3 is 4.74 Å². The Labute approximate surface area is 123 Å². The first-order valence-electron chi connectivity index (χ1n) is 7.09. The first kappa shape index (κ1) is 13.7. The summed E-state index contributed by atoms with van der Waals surface area (Å²) in [6.07, 6.45) is 5.31. The highest BCUT2D eigenvalue weighted by atomic mass is 35.5. The van der Waals surface area contributed by atoms with Crippen LogP contribution in [0.15, 0.2) is 18.2 Å². The summed E-state index contributed by atoms with van der Waals surface area (Å²) in [4.78, 5) is 10.8. The van der Waals surface area contributed by atoms with E-state index in [1.165, 1.54) is 18.9 Å². The Morgan fingerprint density at radius 3 is 2.70 bits per heavy atom. The molecule has 1 spiro atoms. The van der Waals surface area contributed by atoms with E-state index in [2.05, 4.69) is 0 Å². The van der Waals surface area contributed by atoms with Gasteiger partial charge in [-0.25, -0.2) is 0 Å². The summed E-state index contributed by atoms with van der Waals surface area (Å²) in [5, 5.41) is 11.3. The third-order valence-electron chi connectivity index (χ3n) is 4.87. The summed E-state index contributed by atoms with van der Waals surface area (Å²) >= 11 is 6.40. The van der Waals surface area contributed by atoms with Gasteiger partial charge in [-0.1, -0.05) is 25.0 Å². The lowest BCUT2D eigenvalue weighted by Gasteiger charge is -2.50. The van der Waals surface area contributed by atoms with Gasteiger partial charge in [-0.05, 0) is 25.3 Å². The zero-order valence-electron chi connectivity index (χ0n) is 11.5. The Morgan fingerprint density at radius 2 is 2.10 bits per heavy atom. The number of nitro benzene ring substituents is 1. The van der Waals surface area contributed by atoms with Crippen molar-refractivity contribution in [1.82, 2.24) is 0 Å². The highest BCUT2D eigenvalue weighted by molar-refractivity contribution is 6.21. The van der Waals surface area contributed by atoms with Gasteiger partial charge in [0.1, 0.15) is 6.10 Å². The van der Waals surface area contributed by atoms with E-state index in [4.69, 9.17) is 16.3 Å². The van der Waals surface area contributed by atoms with Crippen LogP contribution in [0.5, 0.6) is 5.75 Å². The molecule has 0 bridgehead atoms. The minimum absolute atomic E-state index is 0.0206. The van der Waals surface area contributed by atoms with Crippen molar-refractivity contribution < 1.29 is 9.66 Å². The van der Waals surface area contributed by atoms with Crippen LogP contribution in [0.1, 0.15) is 37.7 Å². The van der Waals surface area contributed by atoms with Crippen LogP contribution in [0.2, 0.25) is 0 Å².